The molecule has 0 saturated heterocycles. The lowest BCUT2D eigenvalue weighted by atomic mass is 10.1. The van der Waals surface area contributed by atoms with E-state index < -0.39 is 48.3 Å². The molecule has 0 fully saturated rings. The number of pyridine rings is 1. The first-order chi connectivity index (χ1) is 16.9. The van der Waals surface area contributed by atoms with Crippen LogP contribution in [-0.2, 0) is 24.5 Å². The third-order valence-electron chi connectivity index (χ3n) is 5.20. The van der Waals surface area contributed by atoms with Crippen LogP contribution < -0.4 is 5.32 Å². The molecular weight excluding hydrogens is 532 g/mol. The number of carbonyl (C=O) groups is 1. The maximum atomic E-state index is 13.5. The van der Waals surface area contributed by atoms with Crippen LogP contribution in [0.3, 0.4) is 0 Å². The van der Waals surface area contributed by atoms with Crippen LogP contribution in [0.5, 0.6) is 0 Å². The Morgan fingerprint density at radius 2 is 1.69 bits per heavy atom. The molecule has 0 radical (unpaired) electrons. The SMILES string of the molecule is CS(=O)(=O)C(C(=O)NCCS(=O)(=O)c1ccc(F)cc1)c1nc2ccc(-c3ccnc(F)c3)cc2s1. The summed E-state index contributed by atoms with van der Waals surface area (Å²) in [5.74, 6) is -2.66. The Kier molecular flexibility index (Phi) is 7.16. The molecule has 0 aliphatic rings. The van der Waals surface area contributed by atoms with Gasteiger partial charge in [0.1, 0.15) is 10.8 Å². The van der Waals surface area contributed by atoms with Gasteiger partial charge in [0.15, 0.2) is 24.9 Å². The van der Waals surface area contributed by atoms with Crippen LogP contribution in [0.4, 0.5) is 8.78 Å². The summed E-state index contributed by atoms with van der Waals surface area (Å²) in [7, 11) is -7.80. The molecule has 188 valence electrons. The first-order valence-electron chi connectivity index (χ1n) is 10.4. The molecule has 2 aromatic heterocycles. The average Bonchev–Trinajstić information content (AvgIpc) is 3.20. The van der Waals surface area contributed by atoms with Gasteiger partial charge >= 0.3 is 0 Å². The van der Waals surface area contributed by atoms with Gasteiger partial charge in [0.25, 0.3) is 0 Å². The molecular formula is C23H19F2N3O5S3. The van der Waals surface area contributed by atoms with Gasteiger partial charge in [-0.3, -0.25) is 4.79 Å². The van der Waals surface area contributed by atoms with Crippen molar-refractivity contribution in [2.45, 2.75) is 10.1 Å². The highest BCUT2D eigenvalue weighted by molar-refractivity contribution is 7.92. The number of aromatic nitrogens is 2. The lowest BCUT2D eigenvalue weighted by molar-refractivity contribution is -0.120. The Balaban J connectivity index is 1.55. The van der Waals surface area contributed by atoms with E-state index in [1.54, 1.807) is 24.3 Å². The lowest BCUT2D eigenvalue weighted by Crippen LogP contribution is -2.36. The van der Waals surface area contributed by atoms with Crippen LogP contribution in [-0.4, -0.2) is 51.3 Å². The summed E-state index contributed by atoms with van der Waals surface area (Å²) in [6.07, 6.45) is 2.22. The average molecular weight is 552 g/mol. The number of thiazole rings is 1. The summed E-state index contributed by atoms with van der Waals surface area (Å²) in [6, 6.07) is 12.2. The van der Waals surface area contributed by atoms with Crippen LogP contribution in [0.2, 0.25) is 0 Å². The highest BCUT2D eigenvalue weighted by Crippen LogP contribution is 2.33. The van der Waals surface area contributed by atoms with Gasteiger partial charge in [-0.05, 0) is 53.6 Å². The van der Waals surface area contributed by atoms with Crippen molar-refractivity contribution < 1.29 is 30.4 Å². The Bertz CT molecular complexity index is 1650. The van der Waals surface area contributed by atoms with Crippen LogP contribution in [0, 0.1) is 11.8 Å². The summed E-state index contributed by atoms with van der Waals surface area (Å²) in [5, 5.41) is 0.730. The molecule has 36 heavy (non-hydrogen) atoms. The molecule has 13 heteroatoms. The zero-order chi connectivity index (χ0) is 26.1. The van der Waals surface area contributed by atoms with Gasteiger partial charge in [0.2, 0.25) is 11.9 Å². The van der Waals surface area contributed by atoms with E-state index in [1.165, 1.54) is 12.3 Å². The summed E-state index contributed by atoms with van der Waals surface area (Å²) < 4.78 is 77.0. The van der Waals surface area contributed by atoms with E-state index in [-0.39, 0.29) is 16.4 Å². The van der Waals surface area contributed by atoms with Gasteiger partial charge in [0, 0.05) is 25.1 Å². The molecule has 2 aromatic carbocycles. The maximum Gasteiger partial charge on any atom is 0.245 e. The lowest BCUT2D eigenvalue weighted by Gasteiger charge is -2.13. The molecule has 8 nitrogen and oxygen atoms in total. The molecule has 0 spiro atoms. The zero-order valence-corrected chi connectivity index (χ0v) is 21.1. The minimum absolute atomic E-state index is 0.0180. The van der Waals surface area contributed by atoms with Gasteiger partial charge in [-0.15, -0.1) is 11.3 Å². The second-order valence-electron chi connectivity index (χ2n) is 7.88. The number of benzene rings is 2. The van der Waals surface area contributed by atoms with Crippen LogP contribution in [0.25, 0.3) is 21.3 Å². The fourth-order valence-electron chi connectivity index (χ4n) is 3.47. The number of nitrogens with zero attached hydrogens (tertiary/aromatic N) is 2. The van der Waals surface area contributed by atoms with Gasteiger partial charge in [-0.1, -0.05) is 6.07 Å². The topological polar surface area (TPSA) is 123 Å². The number of amides is 1. The largest absolute Gasteiger partial charge is 0.354 e. The highest BCUT2D eigenvalue weighted by Gasteiger charge is 2.34. The number of carbonyl (C=O) groups excluding carboxylic acids is 1. The number of rotatable bonds is 8. The fourth-order valence-corrected chi connectivity index (χ4v) is 7.17. The van der Waals surface area contributed by atoms with E-state index in [0.717, 1.165) is 41.9 Å². The van der Waals surface area contributed by atoms with Gasteiger partial charge in [-0.25, -0.2) is 31.2 Å². The third-order valence-corrected chi connectivity index (χ3v) is 9.46. The van der Waals surface area contributed by atoms with Crippen molar-refractivity contribution in [2.24, 2.45) is 0 Å². The van der Waals surface area contributed by atoms with Crippen LogP contribution in [0.15, 0.2) is 65.7 Å². The van der Waals surface area contributed by atoms with Crippen LogP contribution >= 0.6 is 11.3 Å². The van der Waals surface area contributed by atoms with E-state index in [1.807, 2.05) is 0 Å². The molecule has 0 bridgehead atoms. The standard InChI is InChI=1S/C23H19F2N3O5S3/c1-35(30,31)21(22(29)27-10-11-36(32,33)17-5-3-16(24)4-6-17)23-28-18-7-2-14(12-19(18)34-23)15-8-9-26-20(25)13-15/h2-9,12-13,21H,10-11H2,1H3,(H,27,29). The number of fused-ring (bicyclic) bond motifs is 1. The summed E-state index contributed by atoms with van der Waals surface area (Å²) in [6.45, 7) is -0.354. The molecule has 1 amide bonds. The minimum atomic E-state index is -3.97. The monoisotopic (exact) mass is 551 g/mol. The minimum Gasteiger partial charge on any atom is -0.354 e. The first kappa shape index (κ1) is 25.8. The number of nitrogens with one attached hydrogen (secondary N) is 1. The smallest absolute Gasteiger partial charge is 0.245 e. The van der Waals surface area contributed by atoms with E-state index in [4.69, 9.17) is 0 Å². The van der Waals surface area contributed by atoms with E-state index >= 15 is 0 Å². The maximum absolute atomic E-state index is 13.5. The van der Waals surface area contributed by atoms with Crippen molar-refractivity contribution in [3.05, 3.63) is 77.6 Å². The number of halogens is 2. The van der Waals surface area contributed by atoms with E-state index in [2.05, 4.69) is 15.3 Å². The first-order valence-corrected chi connectivity index (χ1v) is 14.8. The van der Waals surface area contributed by atoms with Gasteiger partial charge in [0.05, 0.1) is 20.9 Å². The van der Waals surface area contributed by atoms with Crippen molar-refractivity contribution >= 4 is 47.1 Å². The normalized spacial score (nSPS) is 13.0. The summed E-state index contributed by atoms with van der Waals surface area (Å²) >= 11 is 0.997. The molecule has 1 atom stereocenters. The Morgan fingerprint density at radius 1 is 1.00 bits per heavy atom. The number of hydrogen-bond acceptors (Lipinski definition) is 8. The van der Waals surface area contributed by atoms with E-state index in [0.29, 0.717) is 21.3 Å². The Hall–Kier alpha value is -3.29. The number of hydrogen-bond donors (Lipinski definition) is 1. The second-order valence-corrected chi connectivity index (χ2v) is 13.2. The molecule has 4 aromatic rings. The second kappa shape index (κ2) is 9.99. The van der Waals surface area contributed by atoms with Crippen molar-refractivity contribution in [3.8, 4) is 11.1 Å². The molecule has 0 saturated carbocycles. The number of sulfone groups is 2. The van der Waals surface area contributed by atoms with Crippen molar-refractivity contribution in [3.63, 3.8) is 0 Å². The molecule has 4 rings (SSSR count). The predicted molar refractivity (Wildman–Crippen MR) is 132 cm³/mol. The Labute approximate surface area is 209 Å². The van der Waals surface area contributed by atoms with Gasteiger partial charge in [-0.2, -0.15) is 4.39 Å². The molecule has 1 N–H and O–H groups in total. The molecule has 2 heterocycles. The van der Waals surface area contributed by atoms with E-state index in [9.17, 15) is 30.4 Å². The predicted octanol–water partition coefficient (Wildman–Crippen LogP) is 3.31. The van der Waals surface area contributed by atoms with Crippen molar-refractivity contribution in [1.29, 1.82) is 0 Å². The van der Waals surface area contributed by atoms with Crippen LogP contribution in [0.1, 0.15) is 10.3 Å². The van der Waals surface area contributed by atoms with Crippen molar-refractivity contribution in [2.75, 3.05) is 18.6 Å². The molecule has 1 unspecified atom stereocenters. The zero-order valence-electron chi connectivity index (χ0n) is 18.7. The Morgan fingerprint density at radius 3 is 2.36 bits per heavy atom. The summed E-state index contributed by atoms with van der Waals surface area (Å²) in [5.41, 5.74) is 1.68. The molecule has 0 aliphatic heterocycles. The molecule has 0 aliphatic carbocycles. The summed E-state index contributed by atoms with van der Waals surface area (Å²) in [4.78, 5) is 20.6. The van der Waals surface area contributed by atoms with Gasteiger partial charge < -0.3 is 5.32 Å². The van der Waals surface area contributed by atoms with Crippen molar-refractivity contribution in [1.82, 2.24) is 15.3 Å². The third kappa shape index (κ3) is 5.74. The highest BCUT2D eigenvalue weighted by atomic mass is 32.2. The quantitative estimate of drug-likeness (QED) is 0.263. The fraction of sp³-hybridized carbons (Fsp3) is 0.174.